The van der Waals surface area contributed by atoms with E-state index in [9.17, 15) is 4.79 Å². The van der Waals surface area contributed by atoms with Crippen molar-refractivity contribution in [2.75, 3.05) is 26.7 Å². The van der Waals surface area contributed by atoms with Crippen LogP contribution in [0.4, 0.5) is 0 Å². The van der Waals surface area contributed by atoms with Gasteiger partial charge in [0.15, 0.2) is 0 Å². The number of fused-ring (bicyclic) bond motifs is 2. The van der Waals surface area contributed by atoms with Gasteiger partial charge < -0.3 is 4.90 Å². The lowest BCUT2D eigenvalue weighted by molar-refractivity contribution is -0.134. The Morgan fingerprint density at radius 2 is 1.67 bits per heavy atom. The van der Waals surface area contributed by atoms with Crippen LogP contribution < -0.4 is 0 Å². The second-order valence-electron chi connectivity index (χ2n) is 8.26. The molecule has 0 aliphatic carbocycles. The van der Waals surface area contributed by atoms with Gasteiger partial charge in [0.2, 0.25) is 5.91 Å². The van der Waals surface area contributed by atoms with Gasteiger partial charge in [-0.3, -0.25) is 9.69 Å². The third kappa shape index (κ3) is 3.41. The molecular weight excluding hydrogens is 332 g/mol. The molecule has 1 amide bonds. The van der Waals surface area contributed by atoms with Gasteiger partial charge in [-0.2, -0.15) is 0 Å². The average Bonchev–Trinajstić information content (AvgIpc) is 2.72. The van der Waals surface area contributed by atoms with Gasteiger partial charge in [0.25, 0.3) is 0 Å². The molecule has 3 nitrogen and oxygen atoms in total. The highest BCUT2D eigenvalue weighted by Crippen LogP contribution is 2.42. The molecule has 2 aliphatic heterocycles. The van der Waals surface area contributed by atoms with E-state index in [4.69, 9.17) is 0 Å². The Morgan fingerprint density at radius 3 is 2.41 bits per heavy atom. The van der Waals surface area contributed by atoms with Crippen LogP contribution in [0.15, 0.2) is 54.6 Å². The summed E-state index contributed by atoms with van der Waals surface area (Å²) in [5.41, 5.74) is 4.34. The van der Waals surface area contributed by atoms with E-state index in [1.165, 1.54) is 16.7 Å². The number of hydrogen-bond donors (Lipinski definition) is 0. The van der Waals surface area contributed by atoms with Gasteiger partial charge in [-0.05, 0) is 48.9 Å². The Labute approximate surface area is 163 Å². The molecule has 0 bridgehead atoms. The van der Waals surface area contributed by atoms with E-state index in [-0.39, 0.29) is 11.5 Å². The fourth-order valence-electron chi connectivity index (χ4n) is 4.97. The molecule has 0 N–H and O–H groups in total. The van der Waals surface area contributed by atoms with Crippen molar-refractivity contribution in [2.24, 2.45) is 0 Å². The molecule has 0 saturated carbocycles. The van der Waals surface area contributed by atoms with Gasteiger partial charge in [0.1, 0.15) is 0 Å². The Kier molecular flexibility index (Phi) is 5.05. The summed E-state index contributed by atoms with van der Waals surface area (Å²) >= 11 is 0. The number of likely N-dealkylation sites (tertiary alicyclic amines) is 1. The van der Waals surface area contributed by atoms with Crippen LogP contribution in [0.5, 0.6) is 0 Å². The van der Waals surface area contributed by atoms with Crippen LogP contribution in [0.2, 0.25) is 0 Å². The van der Waals surface area contributed by atoms with E-state index < -0.39 is 0 Å². The van der Waals surface area contributed by atoms with Crippen LogP contribution in [0, 0.1) is 0 Å². The first-order chi connectivity index (χ1) is 13.1. The van der Waals surface area contributed by atoms with Crippen molar-refractivity contribution in [3.8, 4) is 0 Å². The average molecular weight is 363 g/mol. The van der Waals surface area contributed by atoms with Crippen molar-refractivity contribution < 1.29 is 4.79 Å². The lowest BCUT2D eigenvalue weighted by atomic mass is 9.74. The van der Waals surface area contributed by atoms with E-state index in [0.717, 1.165) is 38.9 Å². The molecule has 0 radical (unpaired) electrons. The SMILES string of the molecule is C[C@H](CC(=O)N1CCC2(CC1)c1ccccc1CCN2C)c1ccccc1. The lowest BCUT2D eigenvalue weighted by Crippen LogP contribution is -2.55. The highest BCUT2D eigenvalue weighted by atomic mass is 16.2. The molecule has 0 unspecified atom stereocenters. The minimum atomic E-state index is 0.108. The van der Waals surface area contributed by atoms with Gasteiger partial charge in [0, 0.05) is 31.6 Å². The number of carbonyl (C=O) groups excluding carboxylic acids is 1. The van der Waals surface area contributed by atoms with E-state index in [0.29, 0.717) is 12.3 Å². The van der Waals surface area contributed by atoms with E-state index in [1.54, 1.807) is 0 Å². The Balaban J connectivity index is 1.44. The maximum atomic E-state index is 12.9. The minimum Gasteiger partial charge on any atom is -0.343 e. The molecule has 2 heterocycles. The molecule has 0 aromatic heterocycles. The van der Waals surface area contributed by atoms with Crippen LogP contribution in [-0.2, 0) is 16.8 Å². The monoisotopic (exact) mass is 362 g/mol. The third-order valence-electron chi connectivity index (χ3n) is 6.76. The van der Waals surface area contributed by atoms with Crippen molar-refractivity contribution in [3.05, 3.63) is 71.3 Å². The van der Waals surface area contributed by atoms with Crippen molar-refractivity contribution in [1.29, 1.82) is 0 Å². The topological polar surface area (TPSA) is 23.6 Å². The van der Waals surface area contributed by atoms with Crippen LogP contribution in [0.1, 0.15) is 48.8 Å². The van der Waals surface area contributed by atoms with Crippen molar-refractivity contribution >= 4 is 5.91 Å². The zero-order valence-electron chi connectivity index (χ0n) is 16.5. The maximum absolute atomic E-state index is 12.9. The number of piperidine rings is 1. The number of hydrogen-bond acceptors (Lipinski definition) is 2. The van der Waals surface area contributed by atoms with Crippen LogP contribution >= 0.6 is 0 Å². The second-order valence-corrected chi connectivity index (χ2v) is 8.26. The van der Waals surface area contributed by atoms with Gasteiger partial charge >= 0.3 is 0 Å². The summed E-state index contributed by atoms with van der Waals surface area (Å²) in [4.78, 5) is 17.5. The smallest absolute Gasteiger partial charge is 0.223 e. The molecule has 1 atom stereocenters. The van der Waals surface area contributed by atoms with Gasteiger partial charge in [-0.15, -0.1) is 0 Å². The predicted molar refractivity (Wildman–Crippen MR) is 110 cm³/mol. The number of rotatable bonds is 3. The van der Waals surface area contributed by atoms with Crippen molar-refractivity contribution in [3.63, 3.8) is 0 Å². The predicted octanol–water partition coefficient (Wildman–Crippen LogP) is 4.19. The fraction of sp³-hybridized carbons (Fsp3) is 0.458. The lowest BCUT2D eigenvalue weighted by Gasteiger charge is -2.51. The molecule has 2 aromatic carbocycles. The molecule has 4 rings (SSSR count). The molecular formula is C24H30N2O. The summed E-state index contributed by atoms with van der Waals surface area (Å²) in [6, 6.07) is 19.3. The number of amides is 1. The molecule has 2 aliphatic rings. The summed E-state index contributed by atoms with van der Waals surface area (Å²) in [7, 11) is 2.25. The van der Waals surface area contributed by atoms with Crippen LogP contribution in [-0.4, -0.2) is 42.4 Å². The van der Waals surface area contributed by atoms with Crippen LogP contribution in [0.3, 0.4) is 0 Å². The Morgan fingerprint density at radius 1 is 1.00 bits per heavy atom. The minimum absolute atomic E-state index is 0.108. The first kappa shape index (κ1) is 18.2. The summed E-state index contributed by atoms with van der Waals surface area (Å²) in [6.45, 7) is 4.98. The summed E-state index contributed by atoms with van der Waals surface area (Å²) in [5, 5.41) is 0. The largest absolute Gasteiger partial charge is 0.343 e. The van der Waals surface area contributed by atoms with Crippen molar-refractivity contribution in [2.45, 2.75) is 44.1 Å². The first-order valence-corrected chi connectivity index (χ1v) is 10.2. The molecule has 1 fully saturated rings. The van der Waals surface area contributed by atoms with Crippen LogP contribution in [0.25, 0.3) is 0 Å². The third-order valence-corrected chi connectivity index (χ3v) is 6.76. The number of nitrogens with zero attached hydrogens (tertiary/aromatic N) is 2. The summed E-state index contributed by atoms with van der Waals surface area (Å²) in [6.07, 6.45) is 3.80. The zero-order valence-corrected chi connectivity index (χ0v) is 16.5. The van der Waals surface area contributed by atoms with Gasteiger partial charge in [-0.25, -0.2) is 0 Å². The second kappa shape index (κ2) is 7.47. The molecule has 3 heteroatoms. The quantitative estimate of drug-likeness (QED) is 0.817. The number of carbonyl (C=O) groups is 1. The molecule has 1 saturated heterocycles. The normalized spacial score (nSPS) is 20.3. The highest BCUT2D eigenvalue weighted by molar-refractivity contribution is 5.77. The standard InChI is InChI=1S/C24H30N2O/c1-19(20-8-4-3-5-9-20)18-23(27)26-16-13-24(14-17-26)22-11-7-6-10-21(22)12-15-25(24)2/h3-11,19H,12-18H2,1-2H3/t19-/m1/s1. The number of benzene rings is 2. The Hall–Kier alpha value is -2.13. The first-order valence-electron chi connectivity index (χ1n) is 10.2. The zero-order chi connectivity index (χ0) is 18.9. The Bertz CT molecular complexity index is 793. The molecule has 142 valence electrons. The van der Waals surface area contributed by atoms with Crippen molar-refractivity contribution in [1.82, 2.24) is 9.80 Å². The van der Waals surface area contributed by atoms with E-state index in [1.807, 2.05) is 6.07 Å². The van der Waals surface area contributed by atoms with E-state index >= 15 is 0 Å². The number of likely N-dealkylation sites (N-methyl/N-ethyl adjacent to an activating group) is 1. The molecule has 1 spiro atoms. The molecule has 27 heavy (non-hydrogen) atoms. The van der Waals surface area contributed by atoms with Gasteiger partial charge in [-0.1, -0.05) is 61.5 Å². The summed E-state index contributed by atoms with van der Waals surface area (Å²) < 4.78 is 0. The molecule has 2 aromatic rings. The van der Waals surface area contributed by atoms with E-state index in [2.05, 4.69) is 72.3 Å². The summed E-state index contributed by atoms with van der Waals surface area (Å²) in [5.74, 6) is 0.570. The highest BCUT2D eigenvalue weighted by Gasteiger charge is 2.43. The maximum Gasteiger partial charge on any atom is 0.223 e. The fourth-order valence-corrected chi connectivity index (χ4v) is 4.97. The van der Waals surface area contributed by atoms with Gasteiger partial charge in [0.05, 0.1) is 0 Å².